The summed E-state index contributed by atoms with van der Waals surface area (Å²) in [7, 11) is 0. The maximum Gasteiger partial charge on any atom is 0.0950 e. The van der Waals surface area contributed by atoms with E-state index in [2.05, 4.69) is 48.6 Å². The van der Waals surface area contributed by atoms with Crippen LogP contribution in [-0.4, -0.2) is 22.6 Å². The van der Waals surface area contributed by atoms with Gasteiger partial charge in [-0.15, -0.1) is 0 Å². The third-order valence-electron chi connectivity index (χ3n) is 2.56. The Labute approximate surface area is 105 Å². The number of imidazole rings is 1. The first-order valence-electron chi connectivity index (χ1n) is 6.51. The van der Waals surface area contributed by atoms with Crippen LogP contribution in [0.2, 0.25) is 0 Å². The molecular weight excluding hydrogens is 210 g/mol. The summed E-state index contributed by atoms with van der Waals surface area (Å²) in [4.78, 5) is 4.20. The van der Waals surface area contributed by atoms with E-state index in [1.54, 1.807) is 0 Å². The van der Waals surface area contributed by atoms with Crippen LogP contribution in [0.4, 0.5) is 0 Å². The molecule has 0 aliphatic carbocycles. The highest BCUT2D eigenvalue weighted by Crippen LogP contribution is 2.07. The quantitative estimate of drug-likeness (QED) is 0.787. The summed E-state index contributed by atoms with van der Waals surface area (Å²) in [5, 5.41) is 3.45. The summed E-state index contributed by atoms with van der Waals surface area (Å²) in [6.45, 7) is 11.9. The molecule has 96 valence electrons. The number of aryl methyl sites for hydroxylation is 1. The van der Waals surface area contributed by atoms with Crippen LogP contribution in [-0.2, 0) is 6.54 Å². The fourth-order valence-electron chi connectivity index (χ4n) is 1.74. The van der Waals surface area contributed by atoms with E-state index in [9.17, 15) is 0 Å². The minimum atomic E-state index is 0.702. The van der Waals surface area contributed by atoms with Gasteiger partial charge in [0.25, 0.3) is 0 Å². The smallest absolute Gasteiger partial charge is 0.0950 e. The average Bonchev–Trinajstić information content (AvgIpc) is 2.66. The van der Waals surface area contributed by atoms with Gasteiger partial charge in [-0.2, -0.15) is 0 Å². The predicted molar refractivity (Wildman–Crippen MR) is 73.9 cm³/mol. The number of aromatic nitrogens is 2. The molecule has 1 rings (SSSR count). The maximum absolute atomic E-state index is 4.20. The van der Waals surface area contributed by atoms with Crippen molar-refractivity contribution in [2.24, 2.45) is 5.92 Å². The number of nitrogens with zero attached hydrogens (tertiary/aromatic N) is 2. The summed E-state index contributed by atoms with van der Waals surface area (Å²) in [6, 6.07) is 0. The molecule has 0 aliphatic rings. The second-order valence-corrected chi connectivity index (χ2v) is 5.03. The van der Waals surface area contributed by atoms with Crippen LogP contribution in [0.1, 0.15) is 39.8 Å². The lowest BCUT2D eigenvalue weighted by Crippen LogP contribution is -2.21. The third kappa shape index (κ3) is 5.18. The van der Waals surface area contributed by atoms with Crippen molar-refractivity contribution in [2.45, 2.75) is 40.7 Å². The van der Waals surface area contributed by atoms with Crippen LogP contribution >= 0.6 is 0 Å². The van der Waals surface area contributed by atoms with Gasteiger partial charge in [0.05, 0.1) is 18.2 Å². The van der Waals surface area contributed by atoms with E-state index in [1.165, 1.54) is 11.3 Å². The van der Waals surface area contributed by atoms with Crippen molar-refractivity contribution in [3.05, 3.63) is 23.8 Å². The van der Waals surface area contributed by atoms with E-state index in [1.807, 2.05) is 12.5 Å². The Morgan fingerprint density at radius 2 is 2.29 bits per heavy atom. The maximum atomic E-state index is 4.20. The van der Waals surface area contributed by atoms with E-state index < -0.39 is 0 Å². The molecular formula is C14H25N3. The Balaban J connectivity index is 2.51. The second-order valence-electron chi connectivity index (χ2n) is 5.03. The zero-order chi connectivity index (χ0) is 12.7. The molecule has 3 nitrogen and oxygen atoms in total. The zero-order valence-corrected chi connectivity index (χ0v) is 11.5. The van der Waals surface area contributed by atoms with Crippen LogP contribution in [0.25, 0.3) is 6.08 Å². The van der Waals surface area contributed by atoms with E-state index in [4.69, 9.17) is 0 Å². The molecule has 0 aromatic carbocycles. The van der Waals surface area contributed by atoms with E-state index in [0.717, 1.165) is 26.1 Å². The third-order valence-corrected chi connectivity index (χ3v) is 2.56. The van der Waals surface area contributed by atoms with Crippen molar-refractivity contribution in [2.75, 3.05) is 13.1 Å². The largest absolute Gasteiger partial charge is 0.331 e. The molecule has 1 aromatic rings. The molecule has 3 heteroatoms. The molecule has 0 aliphatic heterocycles. The van der Waals surface area contributed by atoms with Gasteiger partial charge in [-0.25, -0.2) is 4.98 Å². The molecule has 0 saturated heterocycles. The molecule has 17 heavy (non-hydrogen) atoms. The van der Waals surface area contributed by atoms with Gasteiger partial charge >= 0.3 is 0 Å². The van der Waals surface area contributed by atoms with Crippen molar-refractivity contribution in [1.82, 2.24) is 14.9 Å². The van der Waals surface area contributed by atoms with Crippen molar-refractivity contribution in [1.29, 1.82) is 0 Å². The molecule has 0 radical (unpaired) electrons. The first kappa shape index (κ1) is 14.0. The minimum absolute atomic E-state index is 0.702. The van der Waals surface area contributed by atoms with Crippen LogP contribution < -0.4 is 5.32 Å². The Bertz CT molecular complexity index is 350. The second kappa shape index (κ2) is 7.28. The van der Waals surface area contributed by atoms with Gasteiger partial charge in [0.2, 0.25) is 0 Å². The molecule has 0 unspecified atom stereocenters. The van der Waals surface area contributed by atoms with Crippen molar-refractivity contribution >= 4 is 6.08 Å². The van der Waals surface area contributed by atoms with Gasteiger partial charge in [-0.05, 0) is 31.9 Å². The molecule has 1 N–H and O–H groups in total. The zero-order valence-electron chi connectivity index (χ0n) is 11.5. The Kier molecular flexibility index (Phi) is 5.98. The summed E-state index contributed by atoms with van der Waals surface area (Å²) in [5.41, 5.74) is 2.55. The van der Waals surface area contributed by atoms with Gasteiger partial charge in [-0.3, -0.25) is 0 Å². The van der Waals surface area contributed by atoms with Crippen molar-refractivity contribution < 1.29 is 0 Å². The van der Waals surface area contributed by atoms with Crippen LogP contribution in [0, 0.1) is 5.92 Å². The first-order valence-corrected chi connectivity index (χ1v) is 6.51. The van der Waals surface area contributed by atoms with Gasteiger partial charge in [0.1, 0.15) is 0 Å². The highest BCUT2D eigenvalue weighted by molar-refractivity contribution is 5.48. The lowest BCUT2D eigenvalue weighted by atomic mass is 10.2. The normalized spacial score (nSPS) is 12.4. The van der Waals surface area contributed by atoms with E-state index in [-0.39, 0.29) is 0 Å². The Morgan fingerprint density at radius 1 is 1.53 bits per heavy atom. The number of nitrogens with one attached hydrogen (secondary N) is 1. The Morgan fingerprint density at radius 3 is 2.94 bits per heavy atom. The van der Waals surface area contributed by atoms with E-state index >= 15 is 0 Å². The van der Waals surface area contributed by atoms with Gasteiger partial charge in [0, 0.05) is 13.1 Å². The first-order chi connectivity index (χ1) is 8.13. The fourth-order valence-corrected chi connectivity index (χ4v) is 1.74. The summed E-state index contributed by atoms with van der Waals surface area (Å²) in [6.07, 6.45) is 7.20. The standard InChI is InChI=1S/C14H25N3/c1-5-6-17-11-16-10-14(17)7-13(4)9-15-8-12(2)3/h7,10-12,15H,5-6,8-9H2,1-4H3. The predicted octanol–water partition coefficient (Wildman–Crippen LogP) is 2.94. The van der Waals surface area contributed by atoms with Crippen molar-refractivity contribution in [3.8, 4) is 0 Å². The summed E-state index contributed by atoms with van der Waals surface area (Å²) in [5.74, 6) is 0.702. The summed E-state index contributed by atoms with van der Waals surface area (Å²) >= 11 is 0. The van der Waals surface area contributed by atoms with E-state index in [0.29, 0.717) is 5.92 Å². The fraction of sp³-hybridized carbons (Fsp3) is 0.643. The molecule has 0 amide bonds. The average molecular weight is 235 g/mol. The highest BCUT2D eigenvalue weighted by Gasteiger charge is 1.99. The number of rotatable bonds is 7. The lowest BCUT2D eigenvalue weighted by molar-refractivity contribution is 0.572. The monoisotopic (exact) mass is 235 g/mol. The topological polar surface area (TPSA) is 29.9 Å². The number of hydrogen-bond acceptors (Lipinski definition) is 2. The molecule has 0 spiro atoms. The number of hydrogen-bond donors (Lipinski definition) is 1. The molecule has 1 aromatic heterocycles. The SMILES string of the molecule is CCCn1cncc1C=C(C)CNCC(C)C. The molecule has 1 heterocycles. The highest BCUT2D eigenvalue weighted by atomic mass is 15.0. The van der Waals surface area contributed by atoms with Gasteiger partial charge < -0.3 is 9.88 Å². The van der Waals surface area contributed by atoms with Gasteiger partial charge in [0.15, 0.2) is 0 Å². The van der Waals surface area contributed by atoms with Crippen molar-refractivity contribution in [3.63, 3.8) is 0 Å². The molecule has 0 saturated carbocycles. The van der Waals surface area contributed by atoms with Crippen LogP contribution in [0.15, 0.2) is 18.1 Å². The molecule has 0 bridgehead atoms. The summed E-state index contributed by atoms with van der Waals surface area (Å²) < 4.78 is 2.20. The molecule has 0 atom stereocenters. The Hall–Kier alpha value is -1.09. The van der Waals surface area contributed by atoms with Crippen LogP contribution in [0.5, 0.6) is 0 Å². The lowest BCUT2D eigenvalue weighted by Gasteiger charge is -2.08. The molecule has 0 fully saturated rings. The van der Waals surface area contributed by atoms with Crippen LogP contribution in [0.3, 0.4) is 0 Å². The minimum Gasteiger partial charge on any atom is -0.331 e. The van der Waals surface area contributed by atoms with Gasteiger partial charge in [-0.1, -0.05) is 26.3 Å².